The highest BCUT2D eigenvalue weighted by Crippen LogP contribution is 2.50. The molecule has 0 saturated carbocycles. The van der Waals surface area contributed by atoms with Crippen LogP contribution in [0.5, 0.6) is 0 Å². The Bertz CT molecular complexity index is 2090. The van der Waals surface area contributed by atoms with Gasteiger partial charge in [0.1, 0.15) is 23.0 Å². The number of hydrogen-bond acceptors (Lipinski definition) is 2. The molecule has 254 valence electrons. The van der Waals surface area contributed by atoms with Crippen LogP contribution in [0.1, 0.15) is 108 Å². The van der Waals surface area contributed by atoms with E-state index in [0.717, 1.165) is 44.6 Å². The fourth-order valence-electron chi connectivity index (χ4n) is 8.02. The van der Waals surface area contributed by atoms with Gasteiger partial charge in [-0.3, -0.25) is 0 Å². The second-order valence-corrected chi connectivity index (χ2v) is 16.3. The van der Waals surface area contributed by atoms with Crippen LogP contribution in [0.3, 0.4) is 0 Å². The Balaban J connectivity index is 1.12. The minimum absolute atomic E-state index is 0.281. The first-order valence-corrected chi connectivity index (χ1v) is 19.9. The van der Waals surface area contributed by atoms with Crippen molar-refractivity contribution in [1.29, 1.82) is 0 Å². The average Bonchev–Trinajstić information content (AvgIpc) is 3.93. The molecule has 2 aromatic heterocycles. The quantitative estimate of drug-likeness (QED) is 0.134. The van der Waals surface area contributed by atoms with E-state index in [4.69, 9.17) is 8.83 Å². The highest BCUT2D eigenvalue weighted by molar-refractivity contribution is 6.37. The molecule has 6 aromatic rings. The molecule has 2 radical (unpaired) electrons. The third-order valence-electron chi connectivity index (χ3n) is 10.9. The van der Waals surface area contributed by atoms with Crippen LogP contribution in [0.2, 0.25) is 12.1 Å². The molecule has 0 amide bonds. The van der Waals surface area contributed by atoms with E-state index in [1.54, 1.807) is 0 Å². The molecule has 51 heavy (non-hydrogen) atoms. The largest absolute Gasteiger partial charge is 0.462 e. The van der Waals surface area contributed by atoms with Crippen molar-refractivity contribution in [2.45, 2.75) is 77.3 Å². The predicted octanol–water partition coefficient (Wildman–Crippen LogP) is 13.6. The smallest absolute Gasteiger partial charge is 0.130 e. The molecule has 0 fully saturated rings. The normalized spacial score (nSPS) is 16.5. The summed E-state index contributed by atoms with van der Waals surface area (Å²) in [6, 6.07) is 42.7. The molecule has 2 aliphatic carbocycles. The molecule has 0 saturated heterocycles. The number of fused-ring (bicyclic) bond motifs is 2. The van der Waals surface area contributed by atoms with E-state index in [2.05, 4.69) is 149 Å². The van der Waals surface area contributed by atoms with Crippen molar-refractivity contribution >= 4 is 32.8 Å². The minimum atomic E-state index is 0.281. The molecule has 8 rings (SSSR count). The van der Waals surface area contributed by atoms with Gasteiger partial charge in [-0.25, -0.2) is 0 Å². The van der Waals surface area contributed by atoms with E-state index < -0.39 is 0 Å². The van der Waals surface area contributed by atoms with Gasteiger partial charge < -0.3 is 8.83 Å². The molecular formula is C48H46O2Si. The monoisotopic (exact) mass is 682 g/mol. The summed E-state index contributed by atoms with van der Waals surface area (Å²) in [5, 5.41) is 0. The number of aryl methyl sites for hydroxylation is 2. The molecule has 3 heteroatoms. The van der Waals surface area contributed by atoms with Gasteiger partial charge in [0.15, 0.2) is 0 Å². The number of allylic oxidation sites excluding steroid dienone is 2. The standard InChI is InChI=1S/C48H46O2Si/c1-29(2)33-15-19-35(20-16-33)37-9-7-11-39-41(37)25-43(47-23-13-31(5)49-47)45(39)27-51-28-46-40-12-8-10-38(36-21-17-34(18-22-36)30(3)4)42(40)26-44(46)48-24-14-32(6)50-48/h7-26,29-30,45-46H,27-28H2,1-6H3. The predicted molar refractivity (Wildman–Crippen MR) is 215 cm³/mol. The Kier molecular flexibility index (Phi) is 8.94. The van der Waals surface area contributed by atoms with Crippen LogP contribution in [0.4, 0.5) is 0 Å². The number of furan rings is 2. The van der Waals surface area contributed by atoms with Crippen LogP contribution in [0.25, 0.3) is 45.6 Å². The van der Waals surface area contributed by atoms with Crippen molar-refractivity contribution < 1.29 is 8.83 Å². The zero-order chi connectivity index (χ0) is 35.2. The average molecular weight is 683 g/mol. The Morgan fingerprint density at radius 1 is 0.510 bits per heavy atom. The number of benzene rings is 4. The molecule has 2 unspecified atom stereocenters. The van der Waals surface area contributed by atoms with E-state index in [1.807, 2.05) is 13.8 Å². The molecular weight excluding hydrogens is 637 g/mol. The molecule has 2 heterocycles. The fraction of sp³-hybridized carbons (Fsp3) is 0.250. The third kappa shape index (κ3) is 6.34. The maximum absolute atomic E-state index is 6.31. The minimum Gasteiger partial charge on any atom is -0.462 e. The van der Waals surface area contributed by atoms with Crippen molar-refractivity contribution in [3.63, 3.8) is 0 Å². The van der Waals surface area contributed by atoms with Gasteiger partial charge in [0.2, 0.25) is 0 Å². The van der Waals surface area contributed by atoms with Gasteiger partial charge in [-0.15, -0.1) is 0 Å². The summed E-state index contributed by atoms with van der Waals surface area (Å²) in [5.74, 6) is 5.48. The molecule has 2 aliphatic rings. The van der Waals surface area contributed by atoms with E-state index in [-0.39, 0.29) is 11.8 Å². The summed E-state index contributed by atoms with van der Waals surface area (Å²) in [4.78, 5) is 0. The van der Waals surface area contributed by atoms with Crippen molar-refractivity contribution in [2.24, 2.45) is 0 Å². The molecule has 0 N–H and O–H groups in total. The van der Waals surface area contributed by atoms with E-state index in [0.29, 0.717) is 11.8 Å². The first kappa shape index (κ1) is 33.3. The van der Waals surface area contributed by atoms with Crippen molar-refractivity contribution in [3.05, 3.63) is 166 Å². The lowest BCUT2D eigenvalue weighted by Gasteiger charge is -2.20. The summed E-state index contributed by atoms with van der Waals surface area (Å²) >= 11 is 0. The first-order valence-electron chi connectivity index (χ1n) is 18.5. The van der Waals surface area contributed by atoms with Gasteiger partial charge in [0.25, 0.3) is 0 Å². The lowest BCUT2D eigenvalue weighted by molar-refractivity contribution is 0.518. The third-order valence-corrected chi connectivity index (χ3v) is 12.3. The Hall–Kier alpha value is -4.86. The van der Waals surface area contributed by atoms with Crippen LogP contribution in [-0.4, -0.2) is 9.52 Å². The summed E-state index contributed by atoms with van der Waals surface area (Å²) in [5.41, 5.74) is 16.0. The maximum atomic E-state index is 6.31. The zero-order valence-corrected chi connectivity index (χ0v) is 31.6. The molecule has 2 atom stereocenters. The molecule has 2 nitrogen and oxygen atoms in total. The highest BCUT2D eigenvalue weighted by atomic mass is 28.2. The molecule has 0 bridgehead atoms. The van der Waals surface area contributed by atoms with Gasteiger partial charge >= 0.3 is 0 Å². The van der Waals surface area contributed by atoms with Gasteiger partial charge in [-0.2, -0.15) is 0 Å². The fourth-order valence-corrected chi connectivity index (χ4v) is 9.64. The summed E-state index contributed by atoms with van der Waals surface area (Å²) in [6.45, 7) is 13.1. The Labute approximate surface area is 305 Å². The van der Waals surface area contributed by atoms with Gasteiger partial charge in [0, 0.05) is 32.5 Å². The topological polar surface area (TPSA) is 26.3 Å². The maximum Gasteiger partial charge on any atom is 0.130 e. The summed E-state index contributed by atoms with van der Waals surface area (Å²) in [7, 11) is 0.752. The van der Waals surface area contributed by atoms with Gasteiger partial charge in [-0.1, -0.05) is 113 Å². The number of hydrogen-bond donors (Lipinski definition) is 0. The van der Waals surface area contributed by atoms with Crippen LogP contribution < -0.4 is 0 Å². The summed E-state index contributed by atoms with van der Waals surface area (Å²) < 4.78 is 12.6. The van der Waals surface area contributed by atoms with Gasteiger partial charge in [-0.05, 0) is 130 Å². The Morgan fingerprint density at radius 2 is 0.922 bits per heavy atom. The SMILES string of the molecule is Cc1ccc(C2=Cc3c(-c4ccc(C(C)C)cc4)cccc3C2C[Si]CC2C(c3ccc(C)o3)=Cc3c(-c4ccc(C(C)C)cc4)cccc32)o1. The van der Waals surface area contributed by atoms with Gasteiger partial charge in [0.05, 0.1) is 0 Å². The molecule has 0 spiro atoms. The van der Waals surface area contributed by atoms with Crippen molar-refractivity contribution in [2.75, 3.05) is 0 Å². The second-order valence-electron chi connectivity index (χ2n) is 15.0. The molecule has 4 aromatic carbocycles. The lowest BCUT2D eigenvalue weighted by atomic mass is 9.91. The summed E-state index contributed by atoms with van der Waals surface area (Å²) in [6.07, 6.45) is 4.82. The lowest BCUT2D eigenvalue weighted by Crippen LogP contribution is -2.07. The first-order chi connectivity index (χ1) is 24.7. The van der Waals surface area contributed by atoms with E-state index >= 15 is 0 Å². The van der Waals surface area contributed by atoms with E-state index in [1.165, 1.54) is 66.8 Å². The Morgan fingerprint density at radius 3 is 1.27 bits per heavy atom. The van der Waals surface area contributed by atoms with Crippen LogP contribution >= 0.6 is 0 Å². The highest BCUT2D eigenvalue weighted by Gasteiger charge is 2.33. The van der Waals surface area contributed by atoms with Crippen LogP contribution in [0.15, 0.2) is 118 Å². The van der Waals surface area contributed by atoms with Crippen molar-refractivity contribution in [3.8, 4) is 22.3 Å². The molecule has 0 aliphatic heterocycles. The van der Waals surface area contributed by atoms with Crippen LogP contribution in [0, 0.1) is 13.8 Å². The second kappa shape index (κ2) is 13.7. The number of rotatable bonds is 10. The van der Waals surface area contributed by atoms with E-state index in [9.17, 15) is 0 Å². The zero-order valence-electron chi connectivity index (χ0n) is 30.6. The van der Waals surface area contributed by atoms with Crippen molar-refractivity contribution in [1.82, 2.24) is 0 Å². The van der Waals surface area contributed by atoms with Crippen LogP contribution in [-0.2, 0) is 0 Å².